The summed E-state index contributed by atoms with van der Waals surface area (Å²) < 4.78 is 0. The van der Waals surface area contributed by atoms with E-state index in [9.17, 15) is 9.59 Å². The van der Waals surface area contributed by atoms with Gasteiger partial charge in [0, 0.05) is 32.6 Å². The van der Waals surface area contributed by atoms with E-state index in [0.717, 1.165) is 38.8 Å². The lowest BCUT2D eigenvalue weighted by atomic mass is 10.0. The quantitative estimate of drug-likeness (QED) is 0.719. The van der Waals surface area contributed by atoms with Gasteiger partial charge in [0.2, 0.25) is 11.8 Å². The number of rotatable bonds is 3. The largest absolute Gasteiger partial charge is 0.353 e. The minimum atomic E-state index is -0.266. The number of nitrogens with zero attached hydrogens (tertiary/aromatic N) is 1. The molecule has 1 heterocycles. The minimum absolute atomic E-state index is 0.112. The van der Waals surface area contributed by atoms with Gasteiger partial charge in [0.15, 0.2) is 0 Å². The van der Waals surface area contributed by atoms with Crippen LogP contribution in [0.15, 0.2) is 0 Å². The molecule has 96 valence electrons. The lowest BCUT2D eigenvalue weighted by Crippen LogP contribution is -2.48. The van der Waals surface area contributed by atoms with Crippen LogP contribution in [0.2, 0.25) is 0 Å². The van der Waals surface area contributed by atoms with Crippen LogP contribution in [0.25, 0.3) is 0 Å². The number of nitrogens with one attached hydrogen (secondary N) is 1. The van der Waals surface area contributed by atoms with E-state index < -0.39 is 0 Å². The predicted octanol–water partition coefficient (Wildman–Crippen LogP) is -0.148. The first kappa shape index (κ1) is 12.4. The van der Waals surface area contributed by atoms with E-state index in [1.165, 1.54) is 0 Å². The average Bonchev–Trinajstić information content (AvgIpc) is 3.10. The number of carbonyl (C=O) groups is 2. The molecular formula is C12H21N3O2. The number of hydrogen-bond acceptors (Lipinski definition) is 3. The highest BCUT2D eigenvalue weighted by molar-refractivity contribution is 5.85. The van der Waals surface area contributed by atoms with Gasteiger partial charge in [0.05, 0.1) is 5.41 Å². The van der Waals surface area contributed by atoms with Crippen molar-refractivity contribution in [2.45, 2.75) is 38.6 Å². The number of nitrogens with two attached hydrogens (primary N) is 1. The average molecular weight is 239 g/mol. The van der Waals surface area contributed by atoms with Crippen LogP contribution < -0.4 is 11.1 Å². The Hall–Kier alpha value is -1.10. The Morgan fingerprint density at radius 3 is 2.35 bits per heavy atom. The van der Waals surface area contributed by atoms with Crippen LogP contribution in [0.3, 0.4) is 0 Å². The Balaban J connectivity index is 1.78. The summed E-state index contributed by atoms with van der Waals surface area (Å²) in [5, 5.41) is 3.08. The molecule has 2 amide bonds. The van der Waals surface area contributed by atoms with Crippen LogP contribution in [0, 0.1) is 5.41 Å². The molecule has 2 fully saturated rings. The number of piperidine rings is 1. The van der Waals surface area contributed by atoms with Crippen molar-refractivity contribution in [2.24, 2.45) is 11.1 Å². The van der Waals surface area contributed by atoms with E-state index in [1.807, 2.05) is 4.90 Å². The van der Waals surface area contributed by atoms with Crippen LogP contribution in [-0.4, -0.2) is 42.4 Å². The van der Waals surface area contributed by atoms with Gasteiger partial charge in [0.25, 0.3) is 0 Å². The maximum atomic E-state index is 12.0. The lowest BCUT2D eigenvalue weighted by molar-refractivity contribution is -0.130. The monoisotopic (exact) mass is 239 g/mol. The van der Waals surface area contributed by atoms with Crippen molar-refractivity contribution in [3.05, 3.63) is 0 Å². The highest BCUT2D eigenvalue weighted by Crippen LogP contribution is 2.44. The SMILES string of the molecule is CC(=O)N1CCC(NC(=O)C2(CN)CC2)CC1. The molecule has 1 saturated heterocycles. The fourth-order valence-electron chi connectivity index (χ4n) is 2.35. The smallest absolute Gasteiger partial charge is 0.227 e. The summed E-state index contributed by atoms with van der Waals surface area (Å²) in [6.45, 7) is 3.53. The Morgan fingerprint density at radius 2 is 1.94 bits per heavy atom. The van der Waals surface area contributed by atoms with Gasteiger partial charge in [0.1, 0.15) is 0 Å². The summed E-state index contributed by atoms with van der Waals surface area (Å²) in [6.07, 6.45) is 3.54. The van der Waals surface area contributed by atoms with Crippen LogP contribution in [0.5, 0.6) is 0 Å². The first-order valence-corrected chi connectivity index (χ1v) is 6.34. The first-order chi connectivity index (χ1) is 8.07. The second-order valence-electron chi connectivity index (χ2n) is 5.24. The van der Waals surface area contributed by atoms with Crippen LogP contribution >= 0.6 is 0 Å². The van der Waals surface area contributed by atoms with Crippen LogP contribution in [0.4, 0.5) is 0 Å². The summed E-state index contributed by atoms with van der Waals surface area (Å²) in [6, 6.07) is 0.210. The maximum absolute atomic E-state index is 12.0. The molecular weight excluding hydrogens is 218 g/mol. The zero-order chi connectivity index (χ0) is 12.5. The molecule has 2 aliphatic rings. The van der Waals surface area contributed by atoms with Gasteiger partial charge in [-0.3, -0.25) is 9.59 Å². The zero-order valence-electron chi connectivity index (χ0n) is 10.4. The fraction of sp³-hybridized carbons (Fsp3) is 0.833. The van der Waals surface area contributed by atoms with Gasteiger partial charge in [-0.2, -0.15) is 0 Å². The summed E-state index contributed by atoms with van der Waals surface area (Å²) in [5.74, 6) is 0.233. The van der Waals surface area contributed by atoms with Crippen molar-refractivity contribution in [1.29, 1.82) is 0 Å². The molecule has 0 atom stereocenters. The fourth-order valence-corrected chi connectivity index (χ4v) is 2.35. The number of carbonyl (C=O) groups excluding carboxylic acids is 2. The van der Waals surface area contributed by atoms with Gasteiger partial charge < -0.3 is 16.0 Å². The standard InChI is InChI=1S/C12H21N3O2/c1-9(16)15-6-2-10(3-7-15)14-11(17)12(8-13)4-5-12/h10H,2-8,13H2,1H3,(H,14,17). The highest BCUT2D eigenvalue weighted by Gasteiger charge is 2.48. The summed E-state index contributed by atoms with van der Waals surface area (Å²) in [4.78, 5) is 25.0. The highest BCUT2D eigenvalue weighted by atomic mass is 16.2. The number of amides is 2. The second-order valence-corrected chi connectivity index (χ2v) is 5.24. The van der Waals surface area contributed by atoms with Gasteiger partial charge >= 0.3 is 0 Å². The molecule has 2 rings (SSSR count). The van der Waals surface area contributed by atoms with Crippen molar-refractivity contribution in [3.8, 4) is 0 Å². The third-order valence-electron chi connectivity index (χ3n) is 4.00. The zero-order valence-corrected chi connectivity index (χ0v) is 10.4. The third kappa shape index (κ3) is 2.60. The molecule has 0 unspecified atom stereocenters. The predicted molar refractivity (Wildman–Crippen MR) is 64.1 cm³/mol. The van der Waals surface area contributed by atoms with E-state index in [4.69, 9.17) is 5.73 Å². The number of hydrogen-bond donors (Lipinski definition) is 2. The van der Waals surface area contributed by atoms with E-state index in [-0.39, 0.29) is 23.3 Å². The van der Waals surface area contributed by atoms with Crippen molar-refractivity contribution >= 4 is 11.8 Å². The summed E-state index contributed by atoms with van der Waals surface area (Å²) in [7, 11) is 0. The third-order valence-corrected chi connectivity index (χ3v) is 4.00. The normalized spacial score (nSPS) is 23.3. The molecule has 5 nitrogen and oxygen atoms in total. The van der Waals surface area contributed by atoms with Gasteiger partial charge in [-0.15, -0.1) is 0 Å². The molecule has 1 saturated carbocycles. The first-order valence-electron chi connectivity index (χ1n) is 6.34. The van der Waals surface area contributed by atoms with E-state index in [0.29, 0.717) is 6.54 Å². The summed E-state index contributed by atoms with van der Waals surface area (Å²) in [5.41, 5.74) is 5.36. The van der Waals surface area contributed by atoms with E-state index in [1.54, 1.807) is 6.92 Å². The lowest BCUT2D eigenvalue weighted by Gasteiger charge is -2.32. The Morgan fingerprint density at radius 1 is 1.35 bits per heavy atom. The maximum Gasteiger partial charge on any atom is 0.227 e. The molecule has 0 aromatic rings. The Kier molecular flexibility index (Phi) is 3.38. The summed E-state index contributed by atoms with van der Waals surface area (Å²) >= 11 is 0. The molecule has 0 bridgehead atoms. The van der Waals surface area contributed by atoms with Crippen molar-refractivity contribution in [1.82, 2.24) is 10.2 Å². The molecule has 0 radical (unpaired) electrons. The molecule has 0 aromatic carbocycles. The molecule has 1 aliphatic carbocycles. The van der Waals surface area contributed by atoms with E-state index >= 15 is 0 Å². The minimum Gasteiger partial charge on any atom is -0.353 e. The Bertz CT molecular complexity index is 318. The number of likely N-dealkylation sites (tertiary alicyclic amines) is 1. The molecule has 1 aliphatic heterocycles. The van der Waals surface area contributed by atoms with E-state index in [2.05, 4.69) is 5.32 Å². The Labute approximate surface area is 102 Å². The molecule has 17 heavy (non-hydrogen) atoms. The van der Waals surface area contributed by atoms with Crippen molar-refractivity contribution in [2.75, 3.05) is 19.6 Å². The van der Waals surface area contributed by atoms with Crippen molar-refractivity contribution < 1.29 is 9.59 Å². The van der Waals surface area contributed by atoms with Crippen LogP contribution in [-0.2, 0) is 9.59 Å². The second kappa shape index (κ2) is 4.64. The molecule has 0 aromatic heterocycles. The molecule has 5 heteroatoms. The van der Waals surface area contributed by atoms with Gasteiger partial charge in [-0.1, -0.05) is 0 Å². The van der Waals surface area contributed by atoms with Crippen molar-refractivity contribution in [3.63, 3.8) is 0 Å². The van der Waals surface area contributed by atoms with Gasteiger partial charge in [-0.05, 0) is 25.7 Å². The molecule has 3 N–H and O–H groups in total. The van der Waals surface area contributed by atoms with Crippen LogP contribution in [0.1, 0.15) is 32.6 Å². The topological polar surface area (TPSA) is 75.4 Å². The molecule has 0 spiro atoms. The van der Waals surface area contributed by atoms with Gasteiger partial charge in [-0.25, -0.2) is 0 Å².